The van der Waals surface area contributed by atoms with Gasteiger partial charge in [-0.15, -0.1) is 0 Å². The highest BCUT2D eigenvalue weighted by Gasteiger charge is 2.34. The summed E-state index contributed by atoms with van der Waals surface area (Å²) in [6.45, 7) is 8.37. The molecule has 1 aliphatic rings. The molecule has 0 radical (unpaired) electrons. The molecule has 1 fully saturated rings. The molecule has 7 heteroatoms. The van der Waals surface area contributed by atoms with Gasteiger partial charge in [-0.1, -0.05) is 25.1 Å². The van der Waals surface area contributed by atoms with Gasteiger partial charge < -0.3 is 14.8 Å². The highest BCUT2D eigenvalue weighted by Crippen LogP contribution is 2.28. The van der Waals surface area contributed by atoms with Crippen molar-refractivity contribution in [3.8, 4) is 5.69 Å². The first-order chi connectivity index (χ1) is 14.5. The number of benzene rings is 1. The molecule has 3 rings (SSSR count). The van der Waals surface area contributed by atoms with Crippen LogP contribution in [0.1, 0.15) is 56.1 Å². The fraction of sp³-hybridized carbons (Fsp3) is 0.522. The van der Waals surface area contributed by atoms with Crippen LogP contribution in [0.4, 0.5) is 0 Å². The minimum absolute atomic E-state index is 0.0832. The molecule has 1 saturated heterocycles. The number of hydrogen-bond acceptors (Lipinski definition) is 5. The van der Waals surface area contributed by atoms with Gasteiger partial charge in [0.25, 0.3) is 0 Å². The summed E-state index contributed by atoms with van der Waals surface area (Å²) in [6.07, 6.45) is 2.27. The van der Waals surface area contributed by atoms with Gasteiger partial charge in [0, 0.05) is 23.8 Å². The van der Waals surface area contributed by atoms with Gasteiger partial charge in [0.1, 0.15) is 0 Å². The Bertz CT molecular complexity index is 878. The van der Waals surface area contributed by atoms with E-state index >= 15 is 0 Å². The second-order valence-corrected chi connectivity index (χ2v) is 7.65. The highest BCUT2D eigenvalue weighted by atomic mass is 16.5. The van der Waals surface area contributed by atoms with Gasteiger partial charge in [-0.05, 0) is 52.2 Å². The molecule has 30 heavy (non-hydrogen) atoms. The molecule has 162 valence electrons. The van der Waals surface area contributed by atoms with E-state index in [2.05, 4.69) is 17.3 Å². The van der Waals surface area contributed by atoms with Crippen LogP contribution < -0.4 is 5.32 Å². The van der Waals surface area contributed by atoms with Crippen molar-refractivity contribution in [2.24, 2.45) is 5.92 Å². The number of aryl methyl sites for hydroxylation is 1. The summed E-state index contributed by atoms with van der Waals surface area (Å²) < 4.78 is 12.8. The van der Waals surface area contributed by atoms with Gasteiger partial charge in [-0.25, -0.2) is 9.48 Å². The molecule has 3 atom stereocenters. The predicted octanol–water partition coefficient (Wildman–Crippen LogP) is 3.41. The number of carbonyl (C=O) groups excluding carboxylic acids is 2. The van der Waals surface area contributed by atoms with Gasteiger partial charge in [0.2, 0.25) is 5.91 Å². The normalized spacial score (nSPS) is 19.9. The van der Waals surface area contributed by atoms with Crippen molar-refractivity contribution in [1.29, 1.82) is 0 Å². The van der Waals surface area contributed by atoms with Gasteiger partial charge in [-0.2, -0.15) is 5.10 Å². The third-order valence-electron chi connectivity index (χ3n) is 5.64. The predicted molar refractivity (Wildman–Crippen MR) is 113 cm³/mol. The van der Waals surface area contributed by atoms with Gasteiger partial charge in [0.05, 0.1) is 24.1 Å². The first kappa shape index (κ1) is 22.0. The number of aromatic nitrogens is 2. The summed E-state index contributed by atoms with van der Waals surface area (Å²) in [7, 11) is 0. The molecule has 1 aromatic heterocycles. The summed E-state index contributed by atoms with van der Waals surface area (Å²) in [6, 6.07) is 8.83. The van der Waals surface area contributed by atoms with Crippen molar-refractivity contribution in [1.82, 2.24) is 15.1 Å². The Balaban J connectivity index is 1.90. The average Bonchev–Trinajstić information content (AvgIpc) is 3.06. The minimum Gasteiger partial charge on any atom is -0.464 e. The van der Waals surface area contributed by atoms with E-state index in [1.807, 2.05) is 44.2 Å². The van der Waals surface area contributed by atoms with Gasteiger partial charge >= 0.3 is 5.97 Å². The van der Waals surface area contributed by atoms with Crippen LogP contribution in [-0.2, 0) is 19.1 Å². The number of carbonyl (C=O) groups is 2. The third kappa shape index (κ3) is 4.73. The Morgan fingerprint density at radius 1 is 1.27 bits per heavy atom. The first-order valence-corrected chi connectivity index (χ1v) is 10.7. The van der Waals surface area contributed by atoms with Crippen molar-refractivity contribution < 1.29 is 19.1 Å². The Morgan fingerprint density at radius 2 is 2.00 bits per heavy atom. The SMILES string of the molecule is CCOC(=O)[C@H](NC(=O)[C@@H]1CCO[C@H](CC)C1)c1c(C)nn(-c2ccccc2)c1C. The zero-order chi connectivity index (χ0) is 21.7. The molecule has 0 unspecified atom stereocenters. The lowest BCUT2D eigenvalue weighted by atomic mass is 9.92. The van der Waals surface area contributed by atoms with E-state index in [1.165, 1.54) is 0 Å². The molecule has 2 heterocycles. The Kier molecular flexibility index (Phi) is 7.26. The lowest BCUT2D eigenvalue weighted by molar-refractivity contribution is -0.148. The zero-order valence-corrected chi connectivity index (χ0v) is 18.2. The van der Waals surface area contributed by atoms with E-state index in [9.17, 15) is 9.59 Å². The number of amides is 1. The van der Waals surface area contributed by atoms with Crippen molar-refractivity contribution in [2.75, 3.05) is 13.2 Å². The second kappa shape index (κ2) is 9.89. The third-order valence-corrected chi connectivity index (χ3v) is 5.64. The number of para-hydroxylation sites is 1. The summed E-state index contributed by atoms with van der Waals surface area (Å²) in [5, 5.41) is 7.58. The number of nitrogens with one attached hydrogen (secondary N) is 1. The summed E-state index contributed by atoms with van der Waals surface area (Å²) in [4.78, 5) is 25.9. The standard InChI is InChI=1S/C23H31N3O4/c1-5-19-14-17(12-13-30-19)22(27)24-21(23(28)29-6-2)20-15(3)25-26(16(20)4)18-10-8-7-9-11-18/h7-11,17,19,21H,5-6,12-14H2,1-4H3,(H,24,27)/t17-,19-,21-/m1/s1. The number of ether oxygens (including phenoxy) is 2. The lowest BCUT2D eigenvalue weighted by Crippen LogP contribution is -2.42. The van der Waals surface area contributed by atoms with Crippen LogP contribution in [0.5, 0.6) is 0 Å². The van der Waals surface area contributed by atoms with Gasteiger partial charge in [0.15, 0.2) is 6.04 Å². The molecule has 0 saturated carbocycles. The monoisotopic (exact) mass is 413 g/mol. The van der Waals surface area contributed by atoms with Crippen molar-refractivity contribution in [2.45, 2.75) is 59.1 Å². The molecular weight excluding hydrogens is 382 g/mol. The molecule has 1 N–H and O–H groups in total. The van der Waals surface area contributed by atoms with E-state index < -0.39 is 12.0 Å². The number of hydrogen-bond donors (Lipinski definition) is 1. The van der Waals surface area contributed by atoms with Crippen LogP contribution in [0.3, 0.4) is 0 Å². The van der Waals surface area contributed by atoms with Crippen LogP contribution in [0.15, 0.2) is 30.3 Å². The van der Waals surface area contributed by atoms with E-state index in [0.29, 0.717) is 30.7 Å². The van der Waals surface area contributed by atoms with Gasteiger partial charge in [-0.3, -0.25) is 4.79 Å². The second-order valence-electron chi connectivity index (χ2n) is 7.65. The highest BCUT2D eigenvalue weighted by molar-refractivity contribution is 5.87. The Labute approximate surface area is 177 Å². The van der Waals surface area contributed by atoms with Crippen molar-refractivity contribution >= 4 is 11.9 Å². The summed E-state index contributed by atoms with van der Waals surface area (Å²) in [5.41, 5.74) is 3.07. The fourth-order valence-electron chi connectivity index (χ4n) is 4.03. The topological polar surface area (TPSA) is 82.4 Å². The summed E-state index contributed by atoms with van der Waals surface area (Å²) in [5.74, 6) is -0.782. The first-order valence-electron chi connectivity index (χ1n) is 10.7. The maximum absolute atomic E-state index is 13.0. The fourth-order valence-corrected chi connectivity index (χ4v) is 4.03. The van der Waals surface area contributed by atoms with Crippen LogP contribution >= 0.6 is 0 Å². The molecule has 1 aliphatic heterocycles. The molecule has 7 nitrogen and oxygen atoms in total. The molecule has 2 aromatic rings. The van der Waals surface area contributed by atoms with Crippen LogP contribution in [-0.4, -0.2) is 41.0 Å². The Hall–Kier alpha value is -2.67. The minimum atomic E-state index is -0.891. The maximum Gasteiger partial charge on any atom is 0.333 e. The van der Waals surface area contributed by atoms with Crippen molar-refractivity contribution in [3.05, 3.63) is 47.3 Å². The average molecular weight is 414 g/mol. The Morgan fingerprint density at radius 3 is 2.67 bits per heavy atom. The molecule has 0 spiro atoms. The number of esters is 1. The van der Waals surface area contributed by atoms with Crippen LogP contribution in [0.2, 0.25) is 0 Å². The molecule has 0 aliphatic carbocycles. The molecule has 1 aromatic carbocycles. The van der Waals surface area contributed by atoms with Crippen LogP contribution in [0.25, 0.3) is 5.69 Å². The van der Waals surface area contributed by atoms with E-state index in [0.717, 1.165) is 17.8 Å². The van der Waals surface area contributed by atoms with E-state index in [1.54, 1.807) is 11.6 Å². The molecule has 1 amide bonds. The smallest absolute Gasteiger partial charge is 0.333 e. The van der Waals surface area contributed by atoms with E-state index in [4.69, 9.17) is 9.47 Å². The maximum atomic E-state index is 13.0. The quantitative estimate of drug-likeness (QED) is 0.704. The molecular formula is C23H31N3O4. The number of nitrogens with zero attached hydrogens (tertiary/aromatic N) is 2. The molecule has 0 bridgehead atoms. The zero-order valence-electron chi connectivity index (χ0n) is 18.2. The van der Waals surface area contributed by atoms with Crippen LogP contribution in [0, 0.1) is 19.8 Å². The largest absolute Gasteiger partial charge is 0.464 e. The lowest BCUT2D eigenvalue weighted by Gasteiger charge is -2.29. The van der Waals surface area contributed by atoms with Crippen molar-refractivity contribution in [3.63, 3.8) is 0 Å². The van der Waals surface area contributed by atoms with E-state index in [-0.39, 0.29) is 24.5 Å². The number of rotatable bonds is 7. The summed E-state index contributed by atoms with van der Waals surface area (Å²) >= 11 is 0.